The fraction of sp³-hybridized carbons (Fsp3) is 0.0566. The average molecular weight is 779 g/mol. The normalized spacial score (nSPS) is 12.8. The maximum Gasteiger partial charge on any atom is 0.417 e. The van der Waals surface area contributed by atoms with Gasteiger partial charge in [0.1, 0.15) is 11.6 Å². The number of halogens is 3. The standard InChI is InChI=1S/C53H29F3N4/c54-53(55,56)42-23-30(28-57)17-20-36(42)35-26-47(59-43-15-7-5-13-39(43)51-45(59)21-18-33-24-31-9-1-3-11-37(31)49(33)51)41(29-58)48(27-35)60-44-16-8-6-14-40(44)52-46(60)22-19-34-25-32-10-2-4-12-38(32)50(34)52/h1-23,26-27H,24-25H2. The molecule has 0 spiro atoms. The number of aromatic nitrogens is 2. The number of nitriles is 2. The highest BCUT2D eigenvalue weighted by molar-refractivity contribution is 6.19. The van der Waals surface area contributed by atoms with Crippen molar-refractivity contribution in [3.8, 4) is 56.9 Å². The number of benzene rings is 8. The highest BCUT2D eigenvalue weighted by atomic mass is 19.4. The first-order valence-electron chi connectivity index (χ1n) is 19.8. The Labute approximate surface area is 341 Å². The Morgan fingerprint density at radius 3 is 1.47 bits per heavy atom. The van der Waals surface area contributed by atoms with Crippen molar-refractivity contribution >= 4 is 43.6 Å². The summed E-state index contributed by atoms with van der Waals surface area (Å²) in [6, 6.07) is 52.9. The molecule has 8 aromatic carbocycles. The molecule has 0 saturated heterocycles. The second-order valence-electron chi connectivity index (χ2n) is 15.7. The van der Waals surface area contributed by atoms with Crippen molar-refractivity contribution in [1.82, 2.24) is 9.13 Å². The second-order valence-corrected chi connectivity index (χ2v) is 15.7. The van der Waals surface area contributed by atoms with Gasteiger partial charge in [-0.3, -0.25) is 0 Å². The number of alkyl halides is 3. The molecule has 0 amide bonds. The maximum atomic E-state index is 15.1. The summed E-state index contributed by atoms with van der Waals surface area (Å²) in [6.07, 6.45) is -3.17. The van der Waals surface area contributed by atoms with Crippen molar-refractivity contribution in [2.75, 3.05) is 0 Å². The Bertz CT molecular complexity index is 3430. The first-order valence-corrected chi connectivity index (χ1v) is 19.8. The van der Waals surface area contributed by atoms with Crippen molar-refractivity contribution in [1.29, 1.82) is 10.5 Å². The topological polar surface area (TPSA) is 57.4 Å². The highest BCUT2D eigenvalue weighted by Crippen LogP contribution is 2.49. The first-order chi connectivity index (χ1) is 29.3. The van der Waals surface area contributed by atoms with Gasteiger partial charge in [0, 0.05) is 21.5 Å². The third-order valence-corrected chi connectivity index (χ3v) is 12.6. The molecule has 282 valence electrons. The summed E-state index contributed by atoms with van der Waals surface area (Å²) in [5.41, 5.74) is 13.2. The molecule has 2 aliphatic carbocycles. The first kappa shape index (κ1) is 34.2. The van der Waals surface area contributed by atoms with Crippen LogP contribution in [0.4, 0.5) is 13.2 Å². The number of para-hydroxylation sites is 2. The summed E-state index contributed by atoms with van der Waals surface area (Å²) in [7, 11) is 0. The molecular formula is C53H29F3N4. The summed E-state index contributed by atoms with van der Waals surface area (Å²) in [5, 5.41) is 25.2. The van der Waals surface area contributed by atoms with Crippen molar-refractivity contribution < 1.29 is 13.2 Å². The molecule has 12 rings (SSSR count). The zero-order valence-corrected chi connectivity index (χ0v) is 31.8. The fourth-order valence-corrected chi connectivity index (χ4v) is 10.2. The maximum absolute atomic E-state index is 15.1. The quantitative estimate of drug-likeness (QED) is 0.179. The van der Waals surface area contributed by atoms with Crippen molar-refractivity contribution in [3.05, 3.63) is 191 Å². The lowest BCUT2D eigenvalue weighted by atomic mass is 9.94. The van der Waals surface area contributed by atoms with Gasteiger partial charge in [0.25, 0.3) is 0 Å². The number of fused-ring (bicyclic) bond motifs is 14. The predicted octanol–water partition coefficient (Wildman–Crippen LogP) is 13.5. The fourth-order valence-electron chi connectivity index (χ4n) is 10.2. The lowest BCUT2D eigenvalue weighted by molar-refractivity contribution is -0.137. The minimum atomic E-state index is -4.77. The number of hydrogen-bond donors (Lipinski definition) is 0. The van der Waals surface area contributed by atoms with E-state index < -0.39 is 11.7 Å². The van der Waals surface area contributed by atoms with Gasteiger partial charge < -0.3 is 9.13 Å². The molecule has 0 radical (unpaired) electrons. The van der Waals surface area contributed by atoms with Gasteiger partial charge in [0.05, 0.1) is 50.6 Å². The van der Waals surface area contributed by atoms with Crippen LogP contribution in [0, 0.1) is 22.7 Å². The van der Waals surface area contributed by atoms with Crippen LogP contribution < -0.4 is 0 Å². The van der Waals surface area contributed by atoms with Crippen molar-refractivity contribution in [3.63, 3.8) is 0 Å². The van der Waals surface area contributed by atoms with Crippen LogP contribution in [0.25, 0.3) is 88.4 Å². The van der Waals surface area contributed by atoms with E-state index in [4.69, 9.17) is 0 Å². The van der Waals surface area contributed by atoms with Crippen molar-refractivity contribution in [2.45, 2.75) is 19.0 Å². The van der Waals surface area contributed by atoms with E-state index in [1.807, 2.05) is 54.6 Å². The van der Waals surface area contributed by atoms with E-state index in [1.54, 1.807) is 12.1 Å². The van der Waals surface area contributed by atoms with Gasteiger partial charge >= 0.3 is 6.18 Å². The van der Waals surface area contributed by atoms with Gasteiger partial charge in [-0.2, -0.15) is 23.7 Å². The van der Waals surface area contributed by atoms with E-state index in [-0.39, 0.29) is 16.7 Å². The molecule has 0 aliphatic heterocycles. The van der Waals surface area contributed by atoms with E-state index in [1.165, 1.54) is 34.4 Å². The average Bonchev–Trinajstić information content (AvgIpc) is 4.02. The zero-order valence-electron chi connectivity index (χ0n) is 31.8. The number of hydrogen-bond acceptors (Lipinski definition) is 2. The van der Waals surface area contributed by atoms with E-state index in [0.29, 0.717) is 16.9 Å². The molecule has 10 aromatic rings. The Hall–Kier alpha value is -7.87. The minimum absolute atomic E-state index is 0.0836. The smallest absolute Gasteiger partial charge is 0.308 e. The molecule has 0 bridgehead atoms. The molecule has 2 aromatic heterocycles. The molecule has 60 heavy (non-hydrogen) atoms. The highest BCUT2D eigenvalue weighted by Gasteiger charge is 2.35. The Kier molecular flexibility index (Phi) is 7.02. The van der Waals surface area contributed by atoms with Crippen LogP contribution in [-0.4, -0.2) is 9.13 Å². The van der Waals surface area contributed by atoms with Crippen LogP contribution >= 0.6 is 0 Å². The zero-order chi connectivity index (χ0) is 40.4. The third kappa shape index (κ3) is 4.66. The summed E-state index contributed by atoms with van der Waals surface area (Å²) >= 11 is 0. The molecular weight excluding hydrogens is 750 g/mol. The van der Waals surface area contributed by atoms with E-state index in [9.17, 15) is 10.5 Å². The molecule has 0 atom stereocenters. The largest absolute Gasteiger partial charge is 0.417 e. The van der Waals surface area contributed by atoms with Gasteiger partial charge in [0.15, 0.2) is 0 Å². The lowest BCUT2D eigenvalue weighted by Gasteiger charge is -2.20. The predicted molar refractivity (Wildman–Crippen MR) is 231 cm³/mol. The number of rotatable bonds is 3. The molecule has 2 heterocycles. The molecule has 2 aliphatic rings. The van der Waals surface area contributed by atoms with Crippen molar-refractivity contribution in [2.24, 2.45) is 0 Å². The van der Waals surface area contributed by atoms with Crippen LogP contribution in [0.3, 0.4) is 0 Å². The third-order valence-electron chi connectivity index (χ3n) is 12.6. The van der Waals surface area contributed by atoms with E-state index in [2.05, 4.69) is 88.0 Å². The molecule has 7 heteroatoms. The van der Waals surface area contributed by atoms with Crippen LogP contribution in [-0.2, 0) is 19.0 Å². The molecule has 0 unspecified atom stereocenters. The summed E-state index contributed by atoms with van der Waals surface area (Å²) in [4.78, 5) is 0. The van der Waals surface area contributed by atoms with E-state index >= 15 is 13.2 Å². The Morgan fingerprint density at radius 2 is 0.967 bits per heavy atom. The Balaban J connectivity index is 1.25. The molecule has 0 saturated carbocycles. The second kappa shape index (κ2) is 12.3. The lowest BCUT2D eigenvalue weighted by Crippen LogP contribution is -2.09. The van der Waals surface area contributed by atoms with Gasteiger partial charge in [-0.1, -0.05) is 103 Å². The monoisotopic (exact) mass is 778 g/mol. The summed E-state index contributed by atoms with van der Waals surface area (Å²) in [5.74, 6) is 0. The van der Waals surface area contributed by atoms with Gasteiger partial charge in [-0.05, 0) is 117 Å². The van der Waals surface area contributed by atoms with Gasteiger partial charge in [0.2, 0.25) is 0 Å². The van der Waals surface area contributed by atoms with Crippen LogP contribution in [0.2, 0.25) is 0 Å². The minimum Gasteiger partial charge on any atom is -0.308 e. The molecule has 0 N–H and O–H groups in total. The SMILES string of the molecule is N#Cc1ccc(-c2cc(-n3c4ccccc4c4c5c(ccc43)Cc3ccccc3-5)c(C#N)c(-n3c4ccccc4c4c5c(ccc43)Cc3ccccc3-5)c2)c(C(F)(F)F)c1. The Morgan fingerprint density at radius 1 is 0.467 bits per heavy atom. The van der Waals surface area contributed by atoms with E-state index in [0.717, 1.165) is 84.8 Å². The van der Waals surface area contributed by atoms with Crippen LogP contribution in [0.5, 0.6) is 0 Å². The number of nitrogens with zero attached hydrogens (tertiary/aromatic N) is 4. The van der Waals surface area contributed by atoms with Gasteiger partial charge in [-0.15, -0.1) is 0 Å². The van der Waals surface area contributed by atoms with Crippen LogP contribution in [0.15, 0.2) is 152 Å². The summed E-state index contributed by atoms with van der Waals surface area (Å²) < 4.78 is 49.4. The molecule has 4 nitrogen and oxygen atoms in total. The van der Waals surface area contributed by atoms with Crippen LogP contribution in [0.1, 0.15) is 38.9 Å². The summed E-state index contributed by atoms with van der Waals surface area (Å²) in [6.45, 7) is 0. The molecule has 0 fully saturated rings. The van der Waals surface area contributed by atoms with Gasteiger partial charge in [-0.25, -0.2) is 0 Å².